The van der Waals surface area contributed by atoms with Crippen LogP contribution in [0.4, 0.5) is 5.69 Å². The third-order valence-corrected chi connectivity index (χ3v) is 2.95. The predicted molar refractivity (Wildman–Crippen MR) is 70.6 cm³/mol. The molecule has 0 saturated heterocycles. The molecule has 0 fully saturated rings. The Morgan fingerprint density at radius 2 is 1.72 bits per heavy atom. The number of rotatable bonds is 3. The van der Waals surface area contributed by atoms with Gasteiger partial charge in [-0.1, -0.05) is 18.2 Å². The Morgan fingerprint density at radius 1 is 1.22 bits per heavy atom. The number of para-hydroxylation sites is 1. The maximum Gasteiger partial charge on any atom is 0.328 e. The second-order valence-electron chi connectivity index (χ2n) is 4.33. The van der Waals surface area contributed by atoms with Crippen LogP contribution in [0.3, 0.4) is 0 Å². The Hall–Kier alpha value is -1.84. The van der Waals surface area contributed by atoms with Gasteiger partial charge in [0.25, 0.3) is 0 Å². The number of aryl methyl sites for hydroxylation is 2. The molecule has 1 aromatic carbocycles. The molecule has 1 aromatic rings. The van der Waals surface area contributed by atoms with Crippen molar-refractivity contribution >= 4 is 17.6 Å². The van der Waals surface area contributed by atoms with Gasteiger partial charge in [0.05, 0.1) is 12.8 Å². The van der Waals surface area contributed by atoms with Crippen LogP contribution in [0.15, 0.2) is 18.2 Å². The molecule has 18 heavy (non-hydrogen) atoms. The van der Waals surface area contributed by atoms with Crippen LogP contribution in [-0.2, 0) is 14.3 Å². The van der Waals surface area contributed by atoms with Crippen LogP contribution >= 0.6 is 0 Å². The number of amides is 1. The van der Waals surface area contributed by atoms with Gasteiger partial charge in [-0.15, -0.1) is 0 Å². The van der Waals surface area contributed by atoms with Gasteiger partial charge in [0.1, 0.15) is 6.04 Å². The van der Waals surface area contributed by atoms with E-state index in [1.165, 1.54) is 18.9 Å². The minimum Gasteiger partial charge on any atom is -0.467 e. The molecule has 4 nitrogen and oxygen atoms in total. The van der Waals surface area contributed by atoms with E-state index in [-0.39, 0.29) is 5.91 Å². The fraction of sp³-hybridized carbons (Fsp3) is 0.429. The SMILES string of the molecule is COC(=O)[C@H](C)N(C(C)=O)c1c(C)cccc1C. The van der Waals surface area contributed by atoms with Gasteiger partial charge in [-0.05, 0) is 31.9 Å². The van der Waals surface area contributed by atoms with Crippen molar-refractivity contribution in [3.8, 4) is 0 Å². The highest BCUT2D eigenvalue weighted by atomic mass is 16.5. The van der Waals surface area contributed by atoms with E-state index >= 15 is 0 Å². The summed E-state index contributed by atoms with van der Waals surface area (Å²) >= 11 is 0. The standard InChI is InChI=1S/C14H19NO3/c1-9-7-6-8-10(2)13(9)15(12(4)16)11(3)14(17)18-5/h6-8,11H,1-5H3/t11-/m0/s1. The molecular weight excluding hydrogens is 230 g/mol. The number of nitrogens with zero attached hydrogens (tertiary/aromatic N) is 1. The average molecular weight is 249 g/mol. The molecule has 0 spiro atoms. The molecule has 0 unspecified atom stereocenters. The monoisotopic (exact) mass is 249 g/mol. The number of hydrogen-bond donors (Lipinski definition) is 0. The van der Waals surface area contributed by atoms with Crippen molar-refractivity contribution in [1.82, 2.24) is 0 Å². The topological polar surface area (TPSA) is 46.6 Å². The zero-order valence-corrected chi connectivity index (χ0v) is 11.5. The Kier molecular flexibility index (Phi) is 4.48. The summed E-state index contributed by atoms with van der Waals surface area (Å²) in [6.45, 7) is 6.95. The van der Waals surface area contributed by atoms with E-state index in [1.807, 2.05) is 32.0 Å². The largest absolute Gasteiger partial charge is 0.467 e. The molecule has 0 aliphatic carbocycles. The number of methoxy groups -OCH3 is 1. The molecule has 98 valence electrons. The lowest BCUT2D eigenvalue weighted by Crippen LogP contribution is -2.43. The Morgan fingerprint density at radius 3 is 2.11 bits per heavy atom. The van der Waals surface area contributed by atoms with Crippen LogP contribution in [-0.4, -0.2) is 25.0 Å². The molecule has 0 heterocycles. The molecule has 0 aliphatic rings. The summed E-state index contributed by atoms with van der Waals surface area (Å²) in [6.07, 6.45) is 0. The number of carbonyl (C=O) groups is 2. The number of anilines is 1. The van der Waals surface area contributed by atoms with Gasteiger partial charge in [-0.3, -0.25) is 9.69 Å². The van der Waals surface area contributed by atoms with Crippen molar-refractivity contribution in [2.24, 2.45) is 0 Å². The van der Waals surface area contributed by atoms with Gasteiger partial charge in [0.15, 0.2) is 0 Å². The van der Waals surface area contributed by atoms with Crippen LogP contribution in [0, 0.1) is 13.8 Å². The molecule has 4 heteroatoms. The molecule has 0 saturated carbocycles. The second kappa shape index (κ2) is 5.67. The molecular formula is C14H19NO3. The van der Waals surface area contributed by atoms with E-state index in [0.29, 0.717) is 0 Å². The van der Waals surface area contributed by atoms with Crippen molar-refractivity contribution in [2.75, 3.05) is 12.0 Å². The van der Waals surface area contributed by atoms with Crippen molar-refractivity contribution in [3.63, 3.8) is 0 Å². The number of benzene rings is 1. The Balaban J connectivity index is 3.29. The van der Waals surface area contributed by atoms with E-state index in [1.54, 1.807) is 6.92 Å². The lowest BCUT2D eigenvalue weighted by Gasteiger charge is -2.29. The summed E-state index contributed by atoms with van der Waals surface area (Å²) in [5.41, 5.74) is 2.70. The minimum absolute atomic E-state index is 0.176. The fourth-order valence-electron chi connectivity index (χ4n) is 2.09. The first-order valence-corrected chi connectivity index (χ1v) is 5.84. The summed E-state index contributed by atoms with van der Waals surface area (Å²) < 4.78 is 4.71. The Labute approximate surface area is 108 Å². The fourth-order valence-corrected chi connectivity index (χ4v) is 2.09. The first kappa shape index (κ1) is 14.2. The average Bonchev–Trinajstić information content (AvgIpc) is 2.31. The van der Waals surface area contributed by atoms with Gasteiger partial charge in [-0.25, -0.2) is 4.79 Å². The maximum absolute atomic E-state index is 11.8. The third kappa shape index (κ3) is 2.70. The highest BCUT2D eigenvalue weighted by Gasteiger charge is 2.27. The molecule has 0 N–H and O–H groups in total. The van der Waals surface area contributed by atoms with Gasteiger partial charge in [0.2, 0.25) is 5.91 Å². The quantitative estimate of drug-likeness (QED) is 0.772. The third-order valence-electron chi connectivity index (χ3n) is 2.95. The second-order valence-corrected chi connectivity index (χ2v) is 4.33. The first-order chi connectivity index (χ1) is 8.40. The summed E-state index contributed by atoms with van der Waals surface area (Å²) in [6, 6.07) is 5.13. The van der Waals surface area contributed by atoms with Crippen molar-refractivity contribution < 1.29 is 14.3 Å². The number of esters is 1. The molecule has 0 aliphatic heterocycles. The highest BCUT2D eigenvalue weighted by molar-refractivity contribution is 5.99. The molecule has 0 aromatic heterocycles. The van der Waals surface area contributed by atoms with E-state index in [0.717, 1.165) is 16.8 Å². The molecule has 0 bridgehead atoms. The van der Waals surface area contributed by atoms with Crippen LogP contribution in [0.1, 0.15) is 25.0 Å². The predicted octanol–water partition coefficient (Wildman–Crippen LogP) is 2.22. The molecule has 0 radical (unpaired) electrons. The van der Waals surface area contributed by atoms with Crippen molar-refractivity contribution in [2.45, 2.75) is 33.7 Å². The van der Waals surface area contributed by atoms with E-state index < -0.39 is 12.0 Å². The van der Waals surface area contributed by atoms with Crippen LogP contribution in [0.25, 0.3) is 0 Å². The summed E-state index contributed by atoms with van der Waals surface area (Å²) in [4.78, 5) is 24.9. The maximum atomic E-state index is 11.8. The molecule has 1 rings (SSSR count). The van der Waals surface area contributed by atoms with Gasteiger partial charge >= 0.3 is 5.97 Å². The van der Waals surface area contributed by atoms with E-state index in [2.05, 4.69) is 0 Å². The van der Waals surface area contributed by atoms with Gasteiger partial charge in [0, 0.05) is 6.92 Å². The van der Waals surface area contributed by atoms with Crippen molar-refractivity contribution in [3.05, 3.63) is 29.3 Å². The molecule has 1 amide bonds. The first-order valence-electron chi connectivity index (χ1n) is 5.84. The van der Waals surface area contributed by atoms with Crippen LogP contribution in [0.5, 0.6) is 0 Å². The van der Waals surface area contributed by atoms with Crippen LogP contribution in [0.2, 0.25) is 0 Å². The summed E-state index contributed by atoms with van der Waals surface area (Å²) in [5.74, 6) is -0.599. The van der Waals surface area contributed by atoms with Crippen LogP contribution < -0.4 is 4.90 Å². The smallest absolute Gasteiger partial charge is 0.328 e. The zero-order chi connectivity index (χ0) is 13.9. The van der Waals surface area contributed by atoms with Crippen molar-refractivity contribution in [1.29, 1.82) is 0 Å². The molecule has 1 atom stereocenters. The normalized spacial score (nSPS) is 11.8. The lowest BCUT2D eigenvalue weighted by atomic mass is 10.1. The highest BCUT2D eigenvalue weighted by Crippen LogP contribution is 2.26. The van der Waals surface area contributed by atoms with E-state index in [9.17, 15) is 9.59 Å². The number of ether oxygens (including phenoxy) is 1. The van der Waals surface area contributed by atoms with E-state index in [4.69, 9.17) is 4.74 Å². The minimum atomic E-state index is -0.632. The number of hydrogen-bond acceptors (Lipinski definition) is 3. The number of carbonyl (C=O) groups excluding carboxylic acids is 2. The van der Waals surface area contributed by atoms with Gasteiger partial charge in [-0.2, -0.15) is 0 Å². The summed E-state index contributed by atoms with van der Waals surface area (Å²) in [7, 11) is 1.32. The Bertz CT molecular complexity index is 448. The lowest BCUT2D eigenvalue weighted by molar-refractivity contribution is -0.142. The zero-order valence-electron chi connectivity index (χ0n) is 11.5. The van der Waals surface area contributed by atoms with Gasteiger partial charge < -0.3 is 4.74 Å². The summed E-state index contributed by atoms with van der Waals surface area (Å²) in [5, 5.41) is 0.